The SMILES string of the molecule is CC1(C)C(c2ccccc2)=N[C@@]2(c3cccc4ccccc34)C=C(c3ccccc3)O[C@@]12Cl. The second-order valence-electron chi connectivity index (χ2n) is 9.32. The molecule has 0 N–H and O–H groups in total. The van der Waals surface area contributed by atoms with Gasteiger partial charge < -0.3 is 4.74 Å². The number of rotatable bonds is 3. The first-order valence-corrected chi connectivity index (χ1v) is 11.6. The smallest absolute Gasteiger partial charge is 0.225 e. The van der Waals surface area contributed by atoms with E-state index in [1.54, 1.807) is 0 Å². The van der Waals surface area contributed by atoms with E-state index in [-0.39, 0.29) is 0 Å². The van der Waals surface area contributed by atoms with Crippen LogP contribution in [-0.2, 0) is 10.3 Å². The van der Waals surface area contributed by atoms with Gasteiger partial charge in [-0.15, -0.1) is 0 Å². The number of ether oxygens (including phenoxy) is 1. The second kappa shape index (κ2) is 7.07. The number of fused-ring (bicyclic) bond motifs is 2. The summed E-state index contributed by atoms with van der Waals surface area (Å²) in [5.74, 6) is 0.766. The molecular weight excluding hydrogens is 426 g/mol. The predicted octanol–water partition coefficient (Wildman–Crippen LogP) is 7.57. The van der Waals surface area contributed by atoms with Crippen molar-refractivity contribution >= 4 is 33.8 Å². The van der Waals surface area contributed by atoms with Gasteiger partial charge in [0.25, 0.3) is 0 Å². The van der Waals surface area contributed by atoms with Crippen molar-refractivity contribution < 1.29 is 4.74 Å². The number of nitrogens with zero attached hydrogens (tertiary/aromatic N) is 1. The lowest BCUT2D eigenvalue weighted by molar-refractivity contribution is 0.0334. The molecule has 2 heterocycles. The zero-order valence-corrected chi connectivity index (χ0v) is 19.4. The Morgan fingerprint density at radius 1 is 0.697 bits per heavy atom. The van der Waals surface area contributed by atoms with Gasteiger partial charge in [0.05, 0.1) is 11.1 Å². The summed E-state index contributed by atoms with van der Waals surface area (Å²) in [7, 11) is 0. The fourth-order valence-electron chi connectivity index (χ4n) is 5.35. The van der Waals surface area contributed by atoms with Crippen molar-refractivity contribution in [1.29, 1.82) is 0 Å². The van der Waals surface area contributed by atoms with Gasteiger partial charge in [-0.05, 0) is 41.8 Å². The molecule has 0 saturated carbocycles. The Hall–Kier alpha value is -3.36. The van der Waals surface area contributed by atoms with E-state index >= 15 is 0 Å². The number of alkyl halides is 1. The molecule has 4 aromatic rings. The van der Waals surface area contributed by atoms with Crippen LogP contribution in [-0.4, -0.2) is 10.8 Å². The van der Waals surface area contributed by atoms with Crippen LogP contribution >= 0.6 is 11.6 Å². The Kier molecular flexibility index (Phi) is 4.34. The lowest BCUT2D eigenvalue weighted by Gasteiger charge is -2.41. The van der Waals surface area contributed by atoms with Crippen LogP contribution in [0.1, 0.15) is 30.5 Å². The normalized spacial score (nSPS) is 25.3. The highest BCUT2D eigenvalue weighted by molar-refractivity contribution is 6.30. The van der Waals surface area contributed by atoms with Crippen molar-refractivity contribution in [3.8, 4) is 0 Å². The highest BCUT2D eigenvalue weighted by Gasteiger charge is 2.71. The lowest BCUT2D eigenvalue weighted by Crippen LogP contribution is -2.50. The van der Waals surface area contributed by atoms with Gasteiger partial charge in [-0.1, -0.05) is 115 Å². The Labute approximate surface area is 199 Å². The van der Waals surface area contributed by atoms with Gasteiger partial charge >= 0.3 is 0 Å². The van der Waals surface area contributed by atoms with E-state index in [2.05, 4.69) is 86.7 Å². The molecule has 0 aliphatic carbocycles. The van der Waals surface area contributed by atoms with E-state index in [0.29, 0.717) is 0 Å². The van der Waals surface area contributed by atoms with Crippen LogP contribution in [0.25, 0.3) is 16.5 Å². The predicted molar refractivity (Wildman–Crippen MR) is 136 cm³/mol. The van der Waals surface area contributed by atoms with Crippen molar-refractivity contribution in [3.63, 3.8) is 0 Å². The van der Waals surface area contributed by atoms with Gasteiger partial charge in [0.15, 0.2) is 5.54 Å². The Morgan fingerprint density at radius 3 is 2.03 bits per heavy atom. The fraction of sp³-hybridized carbons (Fsp3) is 0.167. The number of hydrogen-bond donors (Lipinski definition) is 0. The Morgan fingerprint density at radius 2 is 1.30 bits per heavy atom. The molecule has 2 aliphatic rings. The molecule has 0 bridgehead atoms. The zero-order valence-electron chi connectivity index (χ0n) is 18.6. The maximum absolute atomic E-state index is 7.65. The Balaban J connectivity index is 1.69. The summed E-state index contributed by atoms with van der Waals surface area (Å²) in [6, 6.07) is 35.2. The molecule has 3 heteroatoms. The summed E-state index contributed by atoms with van der Waals surface area (Å²) >= 11 is 7.65. The van der Waals surface area contributed by atoms with Crippen LogP contribution < -0.4 is 0 Å². The molecule has 0 spiro atoms. The average molecular weight is 450 g/mol. The largest absolute Gasteiger partial charge is 0.467 e. The van der Waals surface area contributed by atoms with Crippen LogP contribution in [0.2, 0.25) is 0 Å². The molecule has 2 nitrogen and oxygen atoms in total. The summed E-state index contributed by atoms with van der Waals surface area (Å²) in [6.07, 6.45) is 2.13. The van der Waals surface area contributed by atoms with Gasteiger partial charge in [-0.2, -0.15) is 0 Å². The number of halogens is 1. The maximum Gasteiger partial charge on any atom is 0.225 e. The monoisotopic (exact) mass is 449 g/mol. The van der Waals surface area contributed by atoms with Gasteiger partial charge in [-0.25, -0.2) is 0 Å². The van der Waals surface area contributed by atoms with Crippen LogP contribution in [0, 0.1) is 5.41 Å². The molecule has 2 aliphatic heterocycles. The van der Waals surface area contributed by atoms with Crippen LogP contribution in [0.15, 0.2) is 114 Å². The van der Waals surface area contributed by atoms with E-state index in [9.17, 15) is 0 Å². The minimum Gasteiger partial charge on any atom is -0.467 e. The molecule has 6 rings (SSSR count). The topological polar surface area (TPSA) is 21.6 Å². The minimum atomic E-state index is -1.12. The molecular formula is C30H24ClNO. The van der Waals surface area contributed by atoms with Crippen LogP contribution in [0.4, 0.5) is 0 Å². The van der Waals surface area contributed by atoms with Gasteiger partial charge in [0.1, 0.15) is 5.76 Å². The third kappa shape index (κ3) is 2.71. The van der Waals surface area contributed by atoms with Crippen molar-refractivity contribution in [3.05, 3.63) is 126 Å². The van der Waals surface area contributed by atoms with E-state index in [1.165, 1.54) is 0 Å². The first-order chi connectivity index (χ1) is 16.0. The quantitative estimate of drug-likeness (QED) is 0.295. The molecule has 0 fully saturated rings. The summed E-state index contributed by atoms with van der Waals surface area (Å²) < 4.78 is 6.74. The zero-order chi connectivity index (χ0) is 22.7. The van der Waals surface area contributed by atoms with E-state index in [0.717, 1.165) is 38.9 Å². The number of benzene rings is 4. The molecule has 0 saturated heterocycles. The molecule has 0 unspecified atom stereocenters. The van der Waals surface area contributed by atoms with Crippen LogP contribution in [0.5, 0.6) is 0 Å². The fourth-order valence-corrected chi connectivity index (χ4v) is 5.72. The molecule has 162 valence electrons. The van der Waals surface area contributed by atoms with E-state index < -0.39 is 16.0 Å². The minimum absolute atomic E-state index is 0.570. The molecule has 4 aromatic carbocycles. The van der Waals surface area contributed by atoms with Crippen molar-refractivity contribution in [2.75, 3.05) is 0 Å². The first-order valence-electron chi connectivity index (χ1n) is 11.3. The van der Waals surface area contributed by atoms with Crippen LogP contribution in [0.3, 0.4) is 0 Å². The summed E-state index contributed by atoms with van der Waals surface area (Å²) in [4.78, 5) is 5.46. The Bertz CT molecular complexity index is 1420. The molecule has 2 atom stereocenters. The number of hydrogen-bond acceptors (Lipinski definition) is 2. The average Bonchev–Trinajstić information content (AvgIpc) is 3.25. The van der Waals surface area contributed by atoms with Crippen molar-refractivity contribution in [1.82, 2.24) is 0 Å². The molecule has 0 aromatic heterocycles. The molecule has 33 heavy (non-hydrogen) atoms. The molecule has 0 amide bonds. The maximum atomic E-state index is 7.65. The standard InChI is InChI=1S/C30H24ClNO/c1-28(2)27(23-15-7-4-8-16-23)32-29(25-19-11-17-21-12-9-10-18-24(21)25)20-26(33-30(28,29)31)22-13-5-3-6-14-22/h3-20H,1-2H3/t29-,30+/m1/s1. The number of aliphatic imine (C=N–C) groups is 1. The lowest BCUT2D eigenvalue weighted by atomic mass is 9.72. The van der Waals surface area contributed by atoms with Crippen molar-refractivity contribution in [2.45, 2.75) is 24.4 Å². The molecule has 0 radical (unpaired) electrons. The van der Waals surface area contributed by atoms with Crippen molar-refractivity contribution in [2.24, 2.45) is 10.4 Å². The highest BCUT2D eigenvalue weighted by atomic mass is 35.5. The third-order valence-electron chi connectivity index (χ3n) is 7.07. The van der Waals surface area contributed by atoms with Gasteiger partial charge in [0.2, 0.25) is 5.06 Å². The summed E-state index contributed by atoms with van der Waals surface area (Å²) in [6.45, 7) is 4.28. The third-order valence-corrected chi connectivity index (χ3v) is 7.91. The summed E-state index contributed by atoms with van der Waals surface area (Å²) in [5.41, 5.74) is 2.62. The second-order valence-corrected chi connectivity index (χ2v) is 9.85. The summed E-state index contributed by atoms with van der Waals surface area (Å²) in [5, 5.41) is 1.17. The van der Waals surface area contributed by atoms with E-state index in [4.69, 9.17) is 21.3 Å². The first kappa shape index (κ1) is 20.3. The highest BCUT2D eigenvalue weighted by Crippen LogP contribution is 2.65. The van der Waals surface area contributed by atoms with Gasteiger partial charge in [0, 0.05) is 5.56 Å². The van der Waals surface area contributed by atoms with Gasteiger partial charge in [-0.3, -0.25) is 4.99 Å². The van der Waals surface area contributed by atoms with E-state index in [1.807, 2.05) is 36.4 Å².